The number of nitrogens with zero attached hydrogens (tertiary/aromatic N) is 1. The fraction of sp³-hybridized carbons (Fsp3) is 0.0500. The van der Waals surface area contributed by atoms with Gasteiger partial charge in [0.15, 0.2) is 23.3 Å². The van der Waals surface area contributed by atoms with Crippen molar-refractivity contribution in [3.63, 3.8) is 0 Å². The Balaban J connectivity index is 1.69. The molecule has 0 aliphatic rings. The molecule has 0 bridgehead atoms. The molecule has 0 fully saturated rings. The first-order valence-corrected chi connectivity index (χ1v) is 9.90. The van der Waals surface area contributed by atoms with Gasteiger partial charge in [-0.1, -0.05) is 29.3 Å². The lowest BCUT2D eigenvalue weighted by Crippen LogP contribution is -2.06. The van der Waals surface area contributed by atoms with E-state index in [9.17, 15) is 22.0 Å². The number of hydrazone groups is 1. The Hall–Kier alpha value is -2.36. The van der Waals surface area contributed by atoms with E-state index in [0.29, 0.717) is 25.8 Å². The van der Waals surface area contributed by atoms with Crippen LogP contribution in [-0.2, 0) is 6.61 Å². The molecule has 0 aliphatic heterocycles. The summed E-state index contributed by atoms with van der Waals surface area (Å²) in [5.74, 6) is -9.92. The smallest absolute Gasteiger partial charge is 0.200 e. The van der Waals surface area contributed by atoms with Gasteiger partial charge in [0, 0.05) is 0 Å². The van der Waals surface area contributed by atoms with Crippen molar-refractivity contribution in [3.8, 4) is 5.75 Å². The summed E-state index contributed by atoms with van der Waals surface area (Å²) < 4.78 is 72.9. The summed E-state index contributed by atoms with van der Waals surface area (Å²) in [5, 5.41) is 4.35. The second-order valence-corrected chi connectivity index (χ2v) is 7.71. The lowest BCUT2D eigenvalue weighted by atomic mass is 10.2. The number of hydrogen-bond donors (Lipinski definition) is 1. The summed E-state index contributed by atoms with van der Waals surface area (Å²) >= 11 is 15.1. The van der Waals surface area contributed by atoms with Crippen molar-refractivity contribution in [1.29, 1.82) is 0 Å². The predicted octanol–water partition coefficient (Wildman–Crippen LogP) is 7.48. The maximum Gasteiger partial charge on any atom is 0.200 e. The van der Waals surface area contributed by atoms with Gasteiger partial charge in [-0.3, -0.25) is 5.43 Å². The third-order valence-corrected chi connectivity index (χ3v) is 5.29. The predicted molar refractivity (Wildman–Crippen MR) is 112 cm³/mol. The first-order chi connectivity index (χ1) is 14.7. The van der Waals surface area contributed by atoms with Crippen molar-refractivity contribution in [1.82, 2.24) is 0 Å². The van der Waals surface area contributed by atoms with Crippen LogP contribution in [0.25, 0.3) is 0 Å². The van der Waals surface area contributed by atoms with Gasteiger partial charge in [0.1, 0.15) is 18.0 Å². The first-order valence-electron chi connectivity index (χ1n) is 8.35. The van der Waals surface area contributed by atoms with E-state index < -0.39 is 34.8 Å². The van der Waals surface area contributed by atoms with Crippen LogP contribution in [0.3, 0.4) is 0 Å². The number of halogens is 8. The van der Waals surface area contributed by atoms with Crippen LogP contribution in [0.2, 0.25) is 10.0 Å². The summed E-state index contributed by atoms with van der Waals surface area (Å²) in [6, 6.07) is 9.82. The molecular formula is C20H10BrCl2F5N2O. The standard InChI is InChI=1S/C20H10BrCl2F5N2O/c21-11-5-9(2-4-14(11)31-8-10-1-3-12(22)13(23)6-10)7-29-30-20-18(27)16(25)15(24)17(26)19(20)28/h1-7,30H,8H2/b29-7-. The third-order valence-electron chi connectivity index (χ3n) is 3.93. The zero-order chi connectivity index (χ0) is 22.7. The largest absolute Gasteiger partial charge is 0.488 e. The average molecular weight is 540 g/mol. The Labute approximate surface area is 191 Å². The first kappa shape index (κ1) is 23.3. The van der Waals surface area contributed by atoms with E-state index in [1.54, 1.807) is 36.4 Å². The van der Waals surface area contributed by atoms with E-state index in [-0.39, 0.29) is 6.61 Å². The molecule has 0 atom stereocenters. The summed E-state index contributed by atoms with van der Waals surface area (Å²) in [6.45, 7) is 0.213. The Morgan fingerprint density at radius 2 is 1.52 bits per heavy atom. The van der Waals surface area contributed by atoms with Crippen molar-refractivity contribution in [2.45, 2.75) is 6.61 Å². The summed E-state index contributed by atoms with van der Waals surface area (Å²) in [6.07, 6.45) is 1.13. The topological polar surface area (TPSA) is 33.6 Å². The average Bonchev–Trinajstić information content (AvgIpc) is 2.75. The molecule has 0 aliphatic carbocycles. The fourth-order valence-electron chi connectivity index (χ4n) is 2.38. The molecule has 3 rings (SSSR count). The van der Waals surface area contributed by atoms with E-state index in [4.69, 9.17) is 27.9 Å². The molecule has 0 heterocycles. The molecule has 0 spiro atoms. The Bertz CT molecular complexity index is 1150. The van der Waals surface area contributed by atoms with Gasteiger partial charge in [-0.2, -0.15) is 5.10 Å². The van der Waals surface area contributed by atoms with Crippen LogP contribution in [-0.4, -0.2) is 6.21 Å². The Morgan fingerprint density at radius 1 is 0.871 bits per heavy atom. The lowest BCUT2D eigenvalue weighted by Gasteiger charge is -2.10. The van der Waals surface area contributed by atoms with Crippen molar-refractivity contribution >= 4 is 51.0 Å². The zero-order valence-electron chi connectivity index (χ0n) is 15.1. The molecule has 0 saturated carbocycles. The maximum absolute atomic E-state index is 13.6. The van der Waals surface area contributed by atoms with Crippen LogP contribution < -0.4 is 10.2 Å². The molecule has 3 nitrogen and oxygen atoms in total. The van der Waals surface area contributed by atoms with Crippen molar-refractivity contribution in [3.05, 3.63) is 91.1 Å². The molecule has 0 saturated heterocycles. The van der Waals surface area contributed by atoms with E-state index >= 15 is 0 Å². The molecule has 162 valence electrons. The van der Waals surface area contributed by atoms with Gasteiger partial charge >= 0.3 is 0 Å². The minimum absolute atomic E-state index is 0.213. The highest BCUT2D eigenvalue weighted by atomic mass is 79.9. The highest BCUT2D eigenvalue weighted by Gasteiger charge is 2.25. The number of hydrogen-bond acceptors (Lipinski definition) is 3. The van der Waals surface area contributed by atoms with Crippen molar-refractivity contribution < 1.29 is 26.7 Å². The summed E-state index contributed by atoms with van der Waals surface area (Å²) in [7, 11) is 0. The van der Waals surface area contributed by atoms with Crippen LogP contribution in [0, 0.1) is 29.1 Å². The van der Waals surface area contributed by atoms with Crippen molar-refractivity contribution in [2.75, 3.05) is 5.43 Å². The molecule has 0 amide bonds. The number of nitrogens with one attached hydrogen (secondary N) is 1. The fourth-order valence-corrected chi connectivity index (χ4v) is 3.21. The summed E-state index contributed by atoms with van der Waals surface area (Å²) in [4.78, 5) is 0. The molecule has 3 aromatic rings. The van der Waals surface area contributed by atoms with Gasteiger partial charge in [0.25, 0.3) is 0 Å². The molecule has 31 heavy (non-hydrogen) atoms. The molecule has 3 aromatic carbocycles. The molecule has 1 N–H and O–H groups in total. The SMILES string of the molecule is Fc1c(F)c(F)c(N/N=C\c2ccc(OCc3ccc(Cl)c(Cl)c3)c(Br)c2)c(F)c1F. The second-order valence-electron chi connectivity index (χ2n) is 6.04. The van der Waals surface area contributed by atoms with Crippen LogP contribution >= 0.6 is 39.1 Å². The maximum atomic E-state index is 13.6. The van der Waals surface area contributed by atoms with Gasteiger partial charge in [-0.05, 0) is 57.4 Å². The van der Waals surface area contributed by atoms with Gasteiger partial charge in [-0.15, -0.1) is 0 Å². The van der Waals surface area contributed by atoms with Crippen molar-refractivity contribution in [2.24, 2.45) is 5.10 Å². The molecular weight excluding hydrogens is 530 g/mol. The van der Waals surface area contributed by atoms with Gasteiger partial charge in [-0.25, -0.2) is 22.0 Å². The minimum atomic E-state index is -2.25. The Morgan fingerprint density at radius 3 is 2.13 bits per heavy atom. The Kier molecular flexibility index (Phi) is 7.40. The van der Waals surface area contributed by atoms with Gasteiger partial charge in [0.05, 0.1) is 20.7 Å². The molecule has 0 radical (unpaired) electrons. The highest BCUT2D eigenvalue weighted by Crippen LogP contribution is 2.29. The lowest BCUT2D eigenvalue weighted by molar-refractivity contribution is 0.304. The number of rotatable bonds is 6. The normalized spacial score (nSPS) is 11.2. The highest BCUT2D eigenvalue weighted by molar-refractivity contribution is 9.10. The third kappa shape index (κ3) is 5.28. The van der Waals surface area contributed by atoms with E-state index in [1.165, 1.54) is 0 Å². The molecule has 0 aromatic heterocycles. The summed E-state index contributed by atoms with van der Waals surface area (Å²) in [5.41, 5.74) is 1.82. The van der Waals surface area contributed by atoms with Crippen LogP contribution in [0.5, 0.6) is 5.75 Å². The number of ether oxygens (including phenoxy) is 1. The zero-order valence-corrected chi connectivity index (χ0v) is 18.2. The van der Waals surface area contributed by atoms with E-state index in [0.717, 1.165) is 11.8 Å². The van der Waals surface area contributed by atoms with E-state index in [2.05, 4.69) is 21.0 Å². The van der Waals surface area contributed by atoms with E-state index in [1.807, 2.05) is 5.43 Å². The quantitative estimate of drug-likeness (QED) is 0.116. The van der Waals surface area contributed by atoms with Crippen LogP contribution in [0.4, 0.5) is 27.6 Å². The molecule has 0 unspecified atom stereocenters. The van der Waals surface area contributed by atoms with Gasteiger partial charge in [0.2, 0.25) is 5.82 Å². The van der Waals surface area contributed by atoms with Gasteiger partial charge < -0.3 is 4.74 Å². The monoisotopic (exact) mass is 538 g/mol. The number of benzene rings is 3. The molecule has 11 heteroatoms. The second kappa shape index (κ2) is 9.84. The minimum Gasteiger partial charge on any atom is -0.488 e. The van der Waals surface area contributed by atoms with Crippen LogP contribution in [0.1, 0.15) is 11.1 Å². The van der Waals surface area contributed by atoms with Crippen LogP contribution in [0.15, 0.2) is 46.0 Å². The number of anilines is 1.